The summed E-state index contributed by atoms with van der Waals surface area (Å²) >= 11 is 0. The van der Waals surface area contributed by atoms with Gasteiger partial charge in [-0.15, -0.1) is 0 Å². The van der Waals surface area contributed by atoms with Crippen LogP contribution in [0.25, 0.3) is 5.57 Å². The molecular formula is C33H40B2F2O2. The van der Waals surface area contributed by atoms with E-state index in [4.69, 9.17) is 9.00 Å². The average molecular weight is 528 g/mol. The zero-order valence-electron chi connectivity index (χ0n) is 25.5. The maximum absolute atomic E-state index is 14.1. The van der Waals surface area contributed by atoms with Crippen LogP contribution in [0, 0.1) is 69.2 Å². The molecule has 204 valence electrons. The quantitative estimate of drug-likeness (QED) is 0.278. The molecule has 0 spiro atoms. The van der Waals surface area contributed by atoms with Crippen molar-refractivity contribution in [3.05, 3.63) is 91.2 Å². The molecule has 3 aromatic rings. The summed E-state index contributed by atoms with van der Waals surface area (Å²) in [7, 11) is -4.35. The van der Waals surface area contributed by atoms with Crippen LogP contribution in [0.1, 0.15) is 75.0 Å². The Hall–Kier alpha value is -3.14. The van der Waals surface area contributed by atoms with E-state index in [1.54, 1.807) is 13.8 Å². The highest BCUT2D eigenvalue weighted by Crippen LogP contribution is 2.35. The minimum absolute atomic E-state index is 0.0318. The molecule has 1 heterocycles. The zero-order chi connectivity index (χ0) is 29.1. The Labute approximate surface area is 233 Å². The third kappa shape index (κ3) is 4.99. The summed E-state index contributed by atoms with van der Waals surface area (Å²) in [6.45, 7) is 24.9. The molecule has 1 aliphatic heterocycles. The summed E-state index contributed by atoms with van der Waals surface area (Å²) < 4.78 is 38.1. The van der Waals surface area contributed by atoms with Gasteiger partial charge in [0.2, 0.25) is 6.71 Å². The third-order valence-corrected chi connectivity index (χ3v) is 8.61. The van der Waals surface area contributed by atoms with Gasteiger partial charge in [-0.25, -0.2) is 0 Å². The average Bonchev–Trinajstić information content (AvgIpc) is 2.77. The molecule has 0 aliphatic carbocycles. The number of rotatable bonds is 4. The standard InChI is InChI=1S/C33H40B2F2O2/c1-17-13-19(3)31(20(4)14-17)34(32-21(5)15-18(2)16-22(32)6)33-25(9)23(7)29(24(8)26(33)10)30-27(11)38-35(36,37)39-28(30)12/h13-16H,1-12H3. The molecule has 0 amide bonds. The first kappa shape index (κ1) is 28.9. The van der Waals surface area contributed by atoms with Crippen LogP contribution in [-0.4, -0.2) is 19.6 Å². The Morgan fingerprint density at radius 3 is 1.33 bits per heavy atom. The van der Waals surface area contributed by atoms with Crippen molar-refractivity contribution in [2.45, 2.75) is 83.1 Å². The zero-order valence-corrected chi connectivity index (χ0v) is 25.5. The number of benzene rings is 3. The van der Waals surface area contributed by atoms with Crippen molar-refractivity contribution in [2.75, 3.05) is 0 Å². The molecule has 3 aromatic carbocycles. The lowest BCUT2D eigenvalue weighted by Gasteiger charge is -2.30. The summed E-state index contributed by atoms with van der Waals surface area (Å²) in [6.07, 6.45) is 0. The van der Waals surface area contributed by atoms with E-state index in [1.165, 1.54) is 49.8 Å². The molecule has 0 N–H and O–H groups in total. The Balaban J connectivity index is 2.12. The summed E-state index contributed by atoms with van der Waals surface area (Å²) in [4.78, 5) is 0. The van der Waals surface area contributed by atoms with Crippen LogP contribution >= 0.6 is 0 Å². The van der Waals surface area contributed by atoms with Crippen molar-refractivity contribution in [3.63, 3.8) is 0 Å². The molecule has 0 fully saturated rings. The first-order valence-electron chi connectivity index (χ1n) is 13.7. The van der Waals surface area contributed by atoms with Gasteiger partial charge in [0.05, 0.1) is 5.76 Å². The minimum atomic E-state index is -4.35. The summed E-state index contributed by atoms with van der Waals surface area (Å²) in [5.41, 5.74) is 17.5. The van der Waals surface area contributed by atoms with Crippen LogP contribution in [0.4, 0.5) is 8.63 Å². The molecular weight excluding hydrogens is 488 g/mol. The number of ketones is 1. The van der Waals surface area contributed by atoms with Gasteiger partial charge in [0.25, 0.3) is 5.78 Å². The lowest BCUT2D eigenvalue weighted by Crippen LogP contribution is -2.58. The molecule has 2 nitrogen and oxygen atoms in total. The van der Waals surface area contributed by atoms with Crippen molar-refractivity contribution >= 4 is 41.6 Å². The predicted molar refractivity (Wildman–Crippen MR) is 164 cm³/mol. The predicted octanol–water partition coefficient (Wildman–Crippen LogP) is 6.55. The molecule has 4 rings (SSSR count). The molecule has 0 saturated heterocycles. The topological polar surface area (TPSA) is 20.5 Å². The Kier molecular flexibility index (Phi) is 7.48. The van der Waals surface area contributed by atoms with E-state index in [9.17, 15) is 8.63 Å². The van der Waals surface area contributed by atoms with Crippen molar-refractivity contribution in [1.29, 1.82) is 0 Å². The molecule has 0 aromatic heterocycles. The fourth-order valence-electron chi connectivity index (χ4n) is 7.03. The van der Waals surface area contributed by atoms with Crippen LogP contribution in [-0.2, 0) is 9.00 Å². The lowest BCUT2D eigenvalue weighted by atomic mass is 9.32. The maximum atomic E-state index is 14.1. The van der Waals surface area contributed by atoms with E-state index in [0.717, 1.165) is 27.8 Å². The number of allylic oxidation sites excluding steroid dienone is 2. The number of hydrogen-bond donors (Lipinski definition) is 0. The highest BCUT2D eigenvalue weighted by atomic mass is 19.3. The smallest absolute Gasteiger partial charge is 0.572 e. The molecule has 1 aliphatic rings. The van der Waals surface area contributed by atoms with Crippen molar-refractivity contribution in [1.82, 2.24) is 0 Å². The van der Waals surface area contributed by atoms with Gasteiger partial charge in [-0.1, -0.05) is 85.2 Å². The van der Waals surface area contributed by atoms with Crippen LogP contribution < -0.4 is 16.4 Å². The van der Waals surface area contributed by atoms with Crippen molar-refractivity contribution in [3.8, 4) is 0 Å². The maximum Gasteiger partial charge on any atom is 0.994 e. The van der Waals surface area contributed by atoms with E-state index in [1.807, 2.05) is 0 Å². The van der Waals surface area contributed by atoms with Gasteiger partial charge in [-0.3, -0.25) is 0 Å². The van der Waals surface area contributed by atoms with Crippen LogP contribution in [0.2, 0.25) is 0 Å². The van der Waals surface area contributed by atoms with Crippen LogP contribution in [0.3, 0.4) is 0 Å². The van der Waals surface area contributed by atoms with Gasteiger partial charge in [-0.2, -0.15) is 0 Å². The molecule has 0 unspecified atom stereocenters. The van der Waals surface area contributed by atoms with Gasteiger partial charge in [0.15, 0.2) is 0 Å². The van der Waals surface area contributed by atoms with E-state index in [0.29, 0.717) is 5.57 Å². The largest absolute Gasteiger partial charge is 0.994 e. The summed E-state index contributed by atoms with van der Waals surface area (Å²) in [5, 5.41) is 0. The van der Waals surface area contributed by atoms with Gasteiger partial charge in [-0.05, 0) is 87.3 Å². The van der Waals surface area contributed by atoms with Gasteiger partial charge < -0.3 is 17.6 Å². The van der Waals surface area contributed by atoms with Gasteiger partial charge in [0.1, 0.15) is 5.57 Å². The molecule has 39 heavy (non-hydrogen) atoms. The number of halogens is 2. The normalized spacial score (nSPS) is 14.9. The molecule has 0 bridgehead atoms. The molecule has 0 atom stereocenters. The third-order valence-electron chi connectivity index (χ3n) is 8.61. The monoisotopic (exact) mass is 528 g/mol. The SMILES string of the molecule is CC1=[O+][B-](F)(F)OC(C)=C1c1c(C)c(C)c(B(c2c(C)cc(C)cc2C)c2c(C)cc(C)cc2C)c(C)c1C. The second kappa shape index (κ2) is 10.1. The number of carbonyl (C=O) groups excluding carboxylic acids is 1. The summed E-state index contributed by atoms with van der Waals surface area (Å²) in [5.74, 6) is 0.405. The highest BCUT2D eigenvalue weighted by molar-refractivity contribution is 6.97. The molecule has 0 saturated carbocycles. The van der Waals surface area contributed by atoms with Gasteiger partial charge in [0, 0.05) is 12.5 Å². The Morgan fingerprint density at radius 1 is 0.590 bits per heavy atom. The van der Waals surface area contributed by atoms with Crippen LogP contribution in [0.15, 0.2) is 30.0 Å². The first-order valence-corrected chi connectivity index (χ1v) is 13.7. The first-order chi connectivity index (χ1) is 18.1. The van der Waals surface area contributed by atoms with Gasteiger partial charge >= 0.3 is 7.11 Å². The Morgan fingerprint density at radius 2 is 0.974 bits per heavy atom. The lowest BCUT2D eigenvalue weighted by molar-refractivity contribution is -0.363. The van der Waals surface area contributed by atoms with E-state index in [2.05, 4.69) is 93.5 Å². The van der Waals surface area contributed by atoms with E-state index in [-0.39, 0.29) is 18.3 Å². The fourth-order valence-corrected chi connectivity index (χ4v) is 7.03. The highest BCUT2D eigenvalue weighted by Gasteiger charge is 2.53. The molecule has 6 heteroatoms. The molecule has 0 radical (unpaired) electrons. The van der Waals surface area contributed by atoms with E-state index >= 15 is 0 Å². The number of aryl methyl sites for hydroxylation is 6. The van der Waals surface area contributed by atoms with E-state index < -0.39 is 7.11 Å². The second-order valence-corrected chi connectivity index (χ2v) is 11.6. The second-order valence-electron chi connectivity index (χ2n) is 11.6. The summed E-state index contributed by atoms with van der Waals surface area (Å²) in [6, 6.07) is 9.10. The van der Waals surface area contributed by atoms with Crippen LogP contribution in [0.5, 0.6) is 0 Å². The number of hydrogen-bond acceptors (Lipinski definition) is 1. The Bertz CT molecular complexity index is 1450. The van der Waals surface area contributed by atoms with Crippen molar-refractivity contribution in [2.24, 2.45) is 0 Å². The minimum Gasteiger partial charge on any atom is -0.572 e. The fraction of sp³-hybridized carbons (Fsp3) is 0.364. The van der Waals surface area contributed by atoms with Crippen molar-refractivity contribution < 1.29 is 17.6 Å².